The first kappa shape index (κ1) is 13.4. The van der Waals surface area contributed by atoms with Gasteiger partial charge in [0.05, 0.1) is 11.9 Å². The molecule has 4 saturated carbocycles. The second kappa shape index (κ2) is 5.23. The minimum absolute atomic E-state index is 0.920. The van der Waals surface area contributed by atoms with Crippen LogP contribution in [0.5, 0.6) is 0 Å². The first-order valence-corrected chi connectivity index (χ1v) is 9.26. The van der Waals surface area contributed by atoms with Crippen molar-refractivity contribution < 1.29 is 0 Å². The molecule has 0 unspecified atom stereocenters. The molecule has 5 aliphatic rings. The molecule has 1 aromatic heterocycles. The van der Waals surface area contributed by atoms with Crippen molar-refractivity contribution in [2.45, 2.75) is 38.1 Å². The highest BCUT2D eigenvalue weighted by atomic mass is 15.3. The summed E-state index contributed by atoms with van der Waals surface area (Å²) in [5, 5.41) is 0. The van der Waals surface area contributed by atoms with Crippen LogP contribution in [0.25, 0.3) is 0 Å². The van der Waals surface area contributed by atoms with Crippen molar-refractivity contribution in [3.05, 3.63) is 24.5 Å². The first-order valence-electron chi connectivity index (χ1n) is 9.26. The number of nitrogens with zero attached hydrogens (tertiary/aromatic N) is 3. The zero-order chi connectivity index (χ0) is 14.5. The van der Waals surface area contributed by atoms with E-state index in [1.54, 1.807) is 32.1 Å². The summed E-state index contributed by atoms with van der Waals surface area (Å²) in [6.45, 7) is 4.85. The van der Waals surface area contributed by atoms with Crippen LogP contribution in [-0.4, -0.2) is 42.1 Å². The fourth-order valence-corrected chi connectivity index (χ4v) is 6.31. The summed E-state index contributed by atoms with van der Waals surface area (Å²) >= 11 is 0. The lowest BCUT2D eigenvalue weighted by Gasteiger charge is -2.58. The van der Waals surface area contributed by atoms with E-state index in [9.17, 15) is 0 Å². The summed E-state index contributed by atoms with van der Waals surface area (Å²) in [4.78, 5) is 9.65. The van der Waals surface area contributed by atoms with Gasteiger partial charge in [-0.3, -0.25) is 9.88 Å². The Balaban J connectivity index is 1.27. The number of anilines is 1. The molecule has 0 atom stereocenters. The first-order chi connectivity index (χ1) is 10.9. The minimum atomic E-state index is 0.920. The number of aromatic nitrogens is 1. The molecule has 0 radical (unpaired) electrons. The van der Waals surface area contributed by atoms with Gasteiger partial charge in [0.15, 0.2) is 0 Å². The standard InChI is InChI=1S/C19H27N3/c1-2-18(13-20-3-1)21-4-6-22(7-5-21)19-16-9-14-8-15(11-16)12-17(19)10-14/h1-3,13-17,19H,4-12H2. The molecule has 3 nitrogen and oxygen atoms in total. The van der Waals surface area contributed by atoms with Crippen LogP contribution in [0.2, 0.25) is 0 Å². The highest BCUT2D eigenvalue weighted by Gasteiger charge is 2.50. The third kappa shape index (κ3) is 2.17. The van der Waals surface area contributed by atoms with E-state index in [2.05, 4.69) is 26.9 Å². The number of piperazine rings is 1. The van der Waals surface area contributed by atoms with Gasteiger partial charge in [0.1, 0.15) is 0 Å². The second-order valence-electron chi connectivity index (χ2n) is 8.16. The molecule has 1 aliphatic heterocycles. The maximum atomic E-state index is 4.27. The minimum Gasteiger partial charge on any atom is -0.368 e. The molecular weight excluding hydrogens is 270 g/mol. The fraction of sp³-hybridized carbons (Fsp3) is 0.737. The van der Waals surface area contributed by atoms with E-state index in [0.29, 0.717) is 0 Å². The molecule has 0 spiro atoms. The SMILES string of the molecule is c1cncc(N2CCN(C3C4CC5CC(C4)CC3C5)CC2)c1. The van der Waals surface area contributed by atoms with Crippen molar-refractivity contribution >= 4 is 5.69 Å². The van der Waals surface area contributed by atoms with Gasteiger partial charge in [-0.25, -0.2) is 0 Å². The van der Waals surface area contributed by atoms with E-state index in [1.165, 1.54) is 31.9 Å². The third-order valence-electron chi connectivity index (χ3n) is 6.92. The van der Waals surface area contributed by atoms with E-state index in [-0.39, 0.29) is 0 Å². The van der Waals surface area contributed by atoms with Gasteiger partial charge in [0, 0.05) is 38.4 Å². The summed E-state index contributed by atoms with van der Waals surface area (Å²) < 4.78 is 0. The van der Waals surface area contributed by atoms with E-state index in [4.69, 9.17) is 0 Å². The Morgan fingerprint density at radius 3 is 2.14 bits per heavy atom. The van der Waals surface area contributed by atoms with Gasteiger partial charge in [-0.05, 0) is 67.9 Å². The van der Waals surface area contributed by atoms with Gasteiger partial charge in [-0.15, -0.1) is 0 Å². The summed E-state index contributed by atoms with van der Waals surface area (Å²) in [7, 11) is 0. The largest absolute Gasteiger partial charge is 0.368 e. The number of pyridine rings is 1. The molecule has 4 bridgehead atoms. The van der Waals surface area contributed by atoms with Gasteiger partial charge < -0.3 is 4.90 Å². The third-order valence-corrected chi connectivity index (χ3v) is 6.92. The molecule has 2 heterocycles. The Morgan fingerprint density at radius 2 is 1.55 bits per heavy atom. The molecule has 0 aromatic carbocycles. The van der Waals surface area contributed by atoms with Crippen LogP contribution in [0.1, 0.15) is 32.1 Å². The van der Waals surface area contributed by atoms with Gasteiger partial charge >= 0.3 is 0 Å². The smallest absolute Gasteiger partial charge is 0.0553 e. The highest BCUT2D eigenvalue weighted by molar-refractivity contribution is 5.44. The van der Waals surface area contributed by atoms with Crippen LogP contribution in [0.3, 0.4) is 0 Å². The Morgan fingerprint density at radius 1 is 0.864 bits per heavy atom. The average Bonchev–Trinajstić information content (AvgIpc) is 2.55. The number of rotatable bonds is 2. The average molecular weight is 297 g/mol. The van der Waals surface area contributed by atoms with Crippen molar-refractivity contribution in [2.24, 2.45) is 23.7 Å². The van der Waals surface area contributed by atoms with Crippen LogP contribution < -0.4 is 4.90 Å². The van der Waals surface area contributed by atoms with Crippen LogP contribution in [-0.2, 0) is 0 Å². The Labute approximate surface area is 133 Å². The molecule has 1 saturated heterocycles. The van der Waals surface area contributed by atoms with Crippen LogP contribution in [0.4, 0.5) is 5.69 Å². The van der Waals surface area contributed by atoms with Gasteiger partial charge in [0.25, 0.3) is 0 Å². The number of hydrogen-bond acceptors (Lipinski definition) is 3. The molecule has 5 fully saturated rings. The van der Waals surface area contributed by atoms with Crippen LogP contribution >= 0.6 is 0 Å². The maximum absolute atomic E-state index is 4.27. The Kier molecular flexibility index (Phi) is 3.17. The lowest BCUT2D eigenvalue weighted by atomic mass is 9.54. The predicted molar refractivity (Wildman–Crippen MR) is 88.9 cm³/mol. The van der Waals surface area contributed by atoms with Gasteiger partial charge in [-0.1, -0.05) is 0 Å². The van der Waals surface area contributed by atoms with Crippen molar-refractivity contribution in [3.8, 4) is 0 Å². The van der Waals surface area contributed by atoms with E-state index >= 15 is 0 Å². The van der Waals surface area contributed by atoms with E-state index in [1.807, 2.05) is 12.4 Å². The second-order valence-corrected chi connectivity index (χ2v) is 8.16. The van der Waals surface area contributed by atoms with Crippen molar-refractivity contribution in [3.63, 3.8) is 0 Å². The monoisotopic (exact) mass is 297 g/mol. The van der Waals surface area contributed by atoms with Crippen LogP contribution in [0, 0.1) is 23.7 Å². The van der Waals surface area contributed by atoms with Crippen molar-refractivity contribution in [1.29, 1.82) is 0 Å². The highest BCUT2D eigenvalue weighted by Crippen LogP contribution is 2.55. The summed E-state index contributed by atoms with van der Waals surface area (Å²) in [6.07, 6.45) is 11.6. The molecule has 1 aromatic rings. The zero-order valence-electron chi connectivity index (χ0n) is 13.4. The topological polar surface area (TPSA) is 19.4 Å². The van der Waals surface area contributed by atoms with Crippen molar-refractivity contribution in [1.82, 2.24) is 9.88 Å². The Bertz CT molecular complexity index is 493. The van der Waals surface area contributed by atoms with Crippen molar-refractivity contribution in [2.75, 3.05) is 31.1 Å². The molecule has 0 N–H and O–H groups in total. The number of hydrogen-bond donors (Lipinski definition) is 0. The quantitative estimate of drug-likeness (QED) is 0.836. The normalized spacial score (nSPS) is 41.1. The molecule has 4 aliphatic carbocycles. The summed E-state index contributed by atoms with van der Waals surface area (Å²) in [5.74, 6) is 4.24. The molecule has 118 valence electrons. The summed E-state index contributed by atoms with van der Waals surface area (Å²) in [5.41, 5.74) is 1.30. The lowest BCUT2D eigenvalue weighted by Crippen LogP contribution is -2.60. The molecule has 3 heteroatoms. The lowest BCUT2D eigenvalue weighted by molar-refractivity contribution is -0.0665. The van der Waals surface area contributed by atoms with E-state index in [0.717, 1.165) is 29.7 Å². The predicted octanol–water partition coefficient (Wildman–Crippen LogP) is 3.03. The van der Waals surface area contributed by atoms with Gasteiger partial charge in [-0.2, -0.15) is 0 Å². The van der Waals surface area contributed by atoms with Crippen LogP contribution in [0.15, 0.2) is 24.5 Å². The van der Waals surface area contributed by atoms with E-state index < -0.39 is 0 Å². The fourth-order valence-electron chi connectivity index (χ4n) is 6.31. The molecule has 6 rings (SSSR count). The Hall–Kier alpha value is -1.09. The molecule has 22 heavy (non-hydrogen) atoms. The summed E-state index contributed by atoms with van der Waals surface area (Å²) in [6, 6.07) is 5.18. The maximum Gasteiger partial charge on any atom is 0.0553 e. The molecule has 0 amide bonds. The molecular formula is C19H27N3. The zero-order valence-corrected chi connectivity index (χ0v) is 13.4. The van der Waals surface area contributed by atoms with Gasteiger partial charge in [0.2, 0.25) is 0 Å².